The number of halogens is 1. The molecule has 0 aliphatic carbocycles. The molecule has 10 heteroatoms. The zero-order valence-electron chi connectivity index (χ0n) is 18.4. The van der Waals surface area contributed by atoms with Crippen LogP contribution in [0, 0.1) is 0 Å². The Morgan fingerprint density at radius 3 is 2.50 bits per heavy atom. The molecule has 0 spiro atoms. The number of carbonyl (C=O) groups excluding carboxylic acids is 1. The van der Waals surface area contributed by atoms with Crippen molar-refractivity contribution in [3.8, 4) is 11.5 Å². The Kier molecular flexibility index (Phi) is 6.65. The molecule has 0 aliphatic rings. The summed E-state index contributed by atoms with van der Waals surface area (Å²) >= 11 is 5.94. The second-order valence-electron chi connectivity index (χ2n) is 7.37. The number of nitrogens with zero attached hydrogens (tertiary/aromatic N) is 3. The molecule has 4 rings (SSSR count). The van der Waals surface area contributed by atoms with Crippen LogP contribution in [0.25, 0.3) is 11.0 Å². The maximum absolute atomic E-state index is 13.3. The first-order valence-electron chi connectivity index (χ1n) is 10.3. The highest BCUT2D eigenvalue weighted by Gasteiger charge is 2.17. The highest BCUT2D eigenvalue weighted by molar-refractivity contribution is 6.30. The molecular formula is C24H21ClN4O5. The topological polar surface area (TPSA) is 104 Å². The zero-order chi connectivity index (χ0) is 24.2. The van der Waals surface area contributed by atoms with Crippen molar-refractivity contribution < 1.29 is 14.3 Å². The summed E-state index contributed by atoms with van der Waals surface area (Å²) in [6, 6.07) is 15.0. The Labute approximate surface area is 199 Å². The van der Waals surface area contributed by atoms with Gasteiger partial charge >= 0.3 is 5.69 Å². The molecule has 0 fully saturated rings. The van der Waals surface area contributed by atoms with Crippen molar-refractivity contribution in [2.45, 2.75) is 13.1 Å². The van der Waals surface area contributed by atoms with Gasteiger partial charge in [0, 0.05) is 17.3 Å². The molecule has 0 atom stereocenters. The Morgan fingerprint density at radius 2 is 1.79 bits per heavy atom. The quantitative estimate of drug-likeness (QED) is 0.436. The molecule has 2 aromatic heterocycles. The summed E-state index contributed by atoms with van der Waals surface area (Å²) < 4.78 is 12.8. The predicted molar refractivity (Wildman–Crippen MR) is 129 cm³/mol. The molecule has 1 amide bonds. The highest BCUT2D eigenvalue weighted by Crippen LogP contribution is 2.28. The number of fused-ring (bicyclic) bond motifs is 1. The van der Waals surface area contributed by atoms with E-state index in [-0.39, 0.29) is 24.1 Å². The van der Waals surface area contributed by atoms with E-state index >= 15 is 0 Å². The highest BCUT2D eigenvalue weighted by atomic mass is 35.5. The first kappa shape index (κ1) is 23.1. The lowest BCUT2D eigenvalue weighted by Crippen LogP contribution is -2.42. The molecule has 0 radical (unpaired) electrons. The second kappa shape index (κ2) is 9.80. The van der Waals surface area contributed by atoms with Crippen molar-refractivity contribution in [2.75, 3.05) is 19.5 Å². The molecule has 0 unspecified atom stereocenters. The monoisotopic (exact) mass is 480 g/mol. The van der Waals surface area contributed by atoms with Crippen LogP contribution in [0.4, 0.5) is 5.69 Å². The van der Waals surface area contributed by atoms with E-state index in [9.17, 15) is 14.4 Å². The second-order valence-corrected chi connectivity index (χ2v) is 7.81. The van der Waals surface area contributed by atoms with Gasteiger partial charge in [-0.2, -0.15) is 0 Å². The lowest BCUT2D eigenvalue weighted by atomic mass is 10.2. The minimum atomic E-state index is -0.631. The largest absolute Gasteiger partial charge is 0.497 e. The third kappa shape index (κ3) is 4.65. The first-order chi connectivity index (χ1) is 16.4. The maximum atomic E-state index is 13.3. The van der Waals surface area contributed by atoms with Crippen molar-refractivity contribution in [3.05, 3.63) is 92.2 Å². The summed E-state index contributed by atoms with van der Waals surface area (Å²) in [7, 11) is 2.99. The summed E-state index contributed by atoms with van der Waals surface area (Å²) in [4.78, 5) is 43.5. The summed E-state index contributed by atoms with van der Waals surface area (Å²) in [5.41, 5.74) is 0.267. The van der Waals surface area contributed by atoms with Gasteiger partial charge in [0.05, 0.1) is 32.0 Å². The molecule has 2 aromatic carbocycles. The van der Waals surface area contributed by atoms with E-state index in [0.717, 1.165) is 4.57 Å². The number of nitrogens with one attached hydrogen (secondary N) is 1. The molecule has 9 nitrogen and oxygen atoms in total. The van der Waals surface area contributed by atoms with Crippen molar-refractivity contribution in [2.24, 2.45) is 0 Å². The summed E-state index contributed by atoms with van der Waals surface area (Å²) in [5.74, 6) is 0.468. The summed E-state index contributed by atoms with van der Waals surface area (Å²) in [6.07, 6.45) is 1.46. The molecule has 174 valence electrons. The smallest absolute Gasteiger partial charge is 0.332 e. The van der Waals surface area contributed by atoms with E-state index in [1.165, 1.54) is 25.0 Å². The number of pyridine rings is 1. The molecule has 4 aromatic rings. The van der Waals surface area contributed by atoms with Crippen molar-refractivity contribution in [1.29, 1.82) is 0 Å². The fourth-order valence-electron chi connectivity index (χ4n) is 3.55. The van der Waals surface area contributed by atoms with Gasteiger partial charge in [0.15, 0.2) is 5.52 Å². The van der Waals surface area contributed by atoms with Crippen LogP contribution in [-0.4, -0.2) is 34.2 Å². The van der Waals surface area contributed by atoms with Crippen LogP contribution in [0.3, 0.4) is 0 Å². The predicted octanol–water partition coefficient (Wildman–Crippen LogP) is 2.92. The summed E-state index contributed by atoms with van der Waals surface area (Å²) in [5, 5.41) is 3.28. The number of methoxy groups -OCH3 is 2. The van der Waals surface area contributed by atoms with Crippen LogP contribution >= 0.6 is 11.6 Å². The number of benzene rings is 2. The molecule has 34 heavy (non-hydrogen) atoms. The minimum Gasteiger partial charge on any atom is -0.497 e. The third-order valence-corrected chi connectivity index (χ3v) is 5.48. The van der Waals surface area contributed by atoms with Gasteiger partial charge in [-0.3, -0.25) is 18.7 Å². The molecule has 1 N–H and O–H groups in total. The Balaban J connectivity index is 1.74. The number of aromatic nitrogens is 3. The van der Waals surface area contributed by atoms with Gasteiger partial charge in [-0.05, 0) is 42.0 Å². The Morgan fingerprint density at radius 1 is 1.03 bits per heavy atom. The van der Waals surface area contributed by atoms with Crippen LogP contribution in [0.5, 0.6) is 11.5 Å². The van der Waals surface area contributed by atoms with E-state index in [1.54, 1.807) is 54.6 Å². The average Bonchev–Trinajstić information content (AvgIpc) is 2.85. The van der Waals surface area contributed by atoms with E-state index in [1.807, 2.05) is 0 Å². The van der Waals surface area contributed by atoms with Gasteiger partial charge < -0.3 is 14.8 Å². The van der Waals surface area contributed by atoms with E-state index in [4.69, 9.17) is 21.1 Å². The minimum absolute atomic E-state index is 0.00662. The molecule has 2 heterocycles. The fraction of sp³-hybridized carbons (Fsp3) is 0.167. The SMILES string of the molecule is COc1ccc(OC)c(NC(=O)Cn2c(=O)n(Cc3ccc(Cl)cc3)c(=O)c3ncccc32)c1. The average molecular weight is 481 g/mol. The lowest BCUT2D eigenvalue weighted by molar-refractivity contribution is -0.116. The number of ether oxygens (including phenoxy) is 2. The third-order valence-electron chi connectivity index (χ3n) is 5.22. The molecule has 0 saturated carbocycles. The van der Waals surface area contributed by atoms with Crippen LogP contribution in [0.2, 0.25) is 5.02 Å². The number of carbonyl (C=O) groups is 1. The standard InChI is InChI=1S/C24H21ClN4O5/c1-33-17-9-10-20(34-2)18(12-17)27-21(30)14-28-19-4-3-11-26-22(19)23(31)29(24(28)32)13-15-5-7-16(25)8-6-15/h3-12H,13-14H2,1-2H3,(H,27,30). The molecule has 0 saturated heterocycles. The van der Waals surface area contributed by atoms with Gasteiger partial charge in [-0.25, -0.2) is 9.78 Å². The first-order valence-corrected chi connectivity index (χ1v) is 10.6. The van der Waals surface area contributed by atoms with Crippen LogP contribution < -0.4 is 26.0 Å². The fourth-order valence-corrected chi connectivity index (χ4v) is 3.68. The van der Waals surface area contributed by atoms with E-state index < -0.39 is 17.2 Å². The van der Waals surface area contributed by atoms with Gasteiger partial charge in [0.1, 0.15) is 18.0 Å². The van der Waals surface area contributed by atoms with Crippen molar-refractivity contribution in [1.82, 2.24) is 14.1 Å². The van der Waals surface area contributed by atoms with Crippen molar-refractivity contribution in [3.63, 3.8) is 0 Å². The zero-order valence-corrected chi connectivity index (χ0v) is 19.2. The number of anilines is 1. The van der Waals surface area contributed by atoms with Crippen molar-refractivity contribution >= 4 is 34.2 Å². The van der Waals surface area contributed by atoms with Gasteiger partial charge in [-0.15, -0.1) is 0 Å². The lowest BCUT2D eigenvalue weighted by Gasteiger charge is -2.15. The Hall–Kier alpha value is -4.11. The number of hydrogen-bond acceptors (Lipinski definition) is 6. The molecule has 0 aliphatic heterocycles. The van der Waals surface area contributed by atoms with E-state index in [0.29, 0.717) is 27.8 Å². The molecular weight excluding hydrogens is 460 g/mol. The Bertz CT molecular complexity index is 1480. The maximum Gasteiger partial charge on any atom is 0.332 e. The summed E-state index contributed by atoms with van der Waals surface area (Å²) in [6.45, 7) is -0.338. The van der Waals surface area contributed by atoms with Crippen LogP contribution in [0.1, 0.15) is 5.56 Å². The van der Waals surface area contributed by atoms with Gasteiger partial charge in [0.2, 0.25) is 5.91 Å². The number of amides is 1. The van der Waals surface area contributed by atoms with Gasteiger partial charge in [0.25, 0.3) is 5.56 Å². The van der Waals surface area contributed by atoms with Crippen LogP contribution in [0.15, 0.2) is 70.4 Å². The number of rotatable bonds is 7. The number of hydrogen-bond donors (Lipinski definition) is 1. The van der Waals surface area contributed by atoms with Crippen LogP contribution in [-0.2, 0) is 17.9 Å². The normalized spacial score (nSPS) is 10.8. The van der Waals surface area contributed by atoms with Gasteiger partial charge in [-0.1, -0.05) is 23.7 Å². The van der Waals surface area contributed by atoms with E-state index in [2.05, 4.69) is 10.3 Å². The molecule has 0 bridgehead atoms.